The van der Waals surface area contributed by atoms with Gasteiger partial charge in [0.05, 0.1) is 0 Å². The second kappa shape index (κ2) is 6.79. The summed E-state index contributed by atoms with van der Waals surface area (Å²) in [5.74, 6) is 0.348. The molecule has 23 heavy (non-hydrogen) atoms. The van der Waals surface area contributed by atoms with Crippen molar-refractivity contribution in [3.63, 3.8) is 0 Å². The molecule has 0 aliphatic carbocycles. The zero-order valence-corrected chi connectivity index (χ0v) is 12.8. The highest BCUT2D eigenvalue weighted by Gasteiger charge is 2.02. The third-order valence-corrected chi connectivity index (χ3v) is 3.46. The van der Waals surface area contributed by atoms with Crippen molar-refractivity contribution in [2.24, 2.45) is 12.1 Å². The molecule has 1 heterocycles. The maximum absolute atomic E-state index is 11.8. The molecule has 0 bridgehead atoms. The number of amides is 1. The number of hydrogen-bond acceptors (Lipinski definition) is 3. The molecule has 5 nitrogen and oxygen atoms in total. The van der Waals surface area contributed by atoms with Gasteiger partial charge in [-0.1, -0.05) is 36.4 Å². The molecule has 0 spiro atoms. The summed E-state index contributed by atoms with van der Waals surface area (Å²) in [7, 11) is 1.91. The van der Waals surface area contributed by atoms with Crippen LogP contribution in [0.15, 0.2) is 71.8 Å². The van der Waals surface area contributed by atoms with E-state index in [-0.39, 0.29) is 12.5 Å². The molecule has 1 N–H and O–H groups in total. The van der Waals surface area contributed by atoms with Crippen LogP contribution in [0.25, 0.3) is 10.9 Å². The van der Waals surface area contributed by atoms with Crippen LogP contribution in [-0.4, -0.2) is 17.1 Å². The van der Waals surface area contributed by atoms with Crippen molar-refractivity contribution in [2.45, 2.75) is 0 Å². The third kappa shape index (κ3) is 3.58. The highest BCUT2D eigenvalue weighted by Crippen LogP contribution is 2.09. The van der Waals surface area contributed by atoms with Crippen LogP contribution in [0.1, 0.15) is 0 Å². The maximum Gasteiger partial charge on any atom is 0.278 e. The van der Waals surface area contributed by atoms with Gasteiger partial charge in [-0.3, -0.25) is 4.79 Å². The number of ether oxygens (including phenoxy) is 1. The van der Waals surface area contributed by atoms with Gasteiger partial charge in [0.25, 0.3) is 5.91 Å². The van der Waals surface area contributed by atoms with Crippen LogP contribution in [0, 0.1) is 0 Å². The molecule has 0 saturated heterocycles. The average Bonchev–Trinajstić information content (AvgIpc) is 2.60. The molecule has 116 valence electrons. The Kier molecular flexibility index (Phi) is 4.38. The Bertz CT molecular complexity index is 885. The van der Waals surface area contributed by atoms with E-state index in [0.717, 1.165) is 10.9 Å². The molecule has 0 atom stereocenters. The topological polar surface area (TPSA) is 55.6 Å². The first-order chi connectivity index (χ1) is 11.2. The Morgan fingerprint density at radius 1 is 1.04 bits per heavy atom. The normalized spacial score (nSPS) is 11.4. The van der Waals surface area contributed by atoms with Gasteiger partial charge in [0, 0.05) is 12.6 Å². The Morgan fingerprint density at radius 2 is 1.78 bits per heavy atom. The summed E-state index contributed by atoms with van der Waals surface area (Å²) in [4.78, 5) is 11.8. The molecule has 1 amide bonds. The second-order valence-electron chi connectivity index (χ2n) is 5.06. The largest absolute Gasteiger partial charge is 0.484 e. The lowest BCUT2D eigenvalue weighted by Gasteiger charge is -2.07. The maximum atomic E-state index is 11.8. The Balaban J connectivity index is 1.70. The molecular formula is C18H17N3O2. The monoisotopic (exact) mass is 307 g/mol. The molecule has 1 aromatic heterocycles. The Labute approximate surface area is 133 Å². The van der Waals surface area contributed by atoms with Gasteiger partial charge in [-0.25, -0.2) is 5.43 Å². The summed E-state index contributed by atoms with van der Waals surface area (Å²) in [6, 6.07) is 21.0. The Hall–Kier alpha value is -3.08. The van der Waals surface area contributed by atoms with Crippen LogP contribution >= 0.6 is 0 Å². The van der Waals surface area contributed by atoms with Crippen LogP contribution in [-0.2, 0) is 11.8 Å². The summed E-state index contributed by atoms with van der Waals surface area (Å²) in [5.41, 5.74) is 4.22. The van der Waals surface area contributed by atoms with Crippen LogP contribution < -0.4 is 15.7 Å². The highest BCUT2D eigenvalue weighted by molar-refractivity contribution is 5.79. The van der Waals surface area contributed by atoms with E-state index >= 15 is 0 Å². The van der Waals surface area contributed by atoms with E-state index in [1.165, 1.54) is 0 Å². The zero-order chi connectivity index (χ0) is 16.1. The number of aromatic nitrogens is 1. The van der Waals surface area contributed by atoms with Gasteiger partial charge in [0.15, 0.2) is 12.1 Å². The van der Waals surface area contributed by atoms with Crippen molar-refractivity contribution in [2.75, 3.05) is 6.61 Å². The number of pyridine rings is 1. The van der Waals surface area contributed by atoms with E-state index in [2.05, 4.69) is 10.5 Å². The standard InChI is InChI=1S/C18H17N3O2/c1-21-16-10-6-5-7-14(16)11-12-17(21)19-20-18(22)13-23-15-8-3-2-4-9-15/h2-12H,13H2,1H3,(H,20,22). The number of hydrogen-bond donors (Lipinski definition) is 1. The van der Waals surface area contributed by atoms with E-state index < -0.39 is 0 Å². The van der Waals surface area contributed by atoms with Gasteiger partial charge >= 0.3 is 0 Å². The lowest BCUT2D eigenvalue weighted by Crippen LogP contribution is -2.29. The van der Waals surface area contributed by atoms with Gasteiger partial charge in [-0.15, -0.1) is 0 Å². The van der Waals surface area contributed by atoms with E-state index in [0.29, 0.717) is 11.2 Å². The van der Waals surface area contributed by atoms with Crippen molar-refractivity contribution in [1.29, 1.82) is 0 Å². The van der Waals surface area contributed by atoms with Gasteiger partial charge in [-0.05, 0) is 35.7 Å². The van der Waals surface area contributed by atoms with Gasteiger partial charge in [0.1, 0.15) is 5.75 Å². The molecule has 3 aromatic rings. The fourth-order valence-corrected chi connectivity index (χ4v) is 2.26. The lowest BCUT2D eigenvalue weighted by atomic mass is 10.2. The van der Waals surface area contributed by atoms with Gasteiger partial charge in [0.2, 0.25) is 0 Å². The van der Waals surface area contributed by atoms with Crippen LogP contribution in [0.3, 0.4) is 0 Å². The first-order valence-electron chi connectivity index (χ1n) is 7.29. The summed E-state index contributed by atoms with van der Waals surface area (Å²) >= 11 is 0. The number of benzene rings is 2. The molecule has 3 rings (SSSR count). The number of rotatable bonds is 4. The molecule has 0 saturated carbocycles. The van der Waals surface area contributed by atoms with E-state index in [4.69, 9.17) is 4.74 Å². The van der Waals surface area contributed by atoms with E-state index in [1.807, 2.05) is 66.2 Å². The summed E-state index contributed by atoms with van der Waals surface area (Å²) in [6.45, 7) is -0.0786. The van der Waals surface area contributed by atoms with Crippen molar-refractivity contribution in [3.05, 3.63) is 72.2 Å². The average molecular weight is 307 g/mol. The summed E-state index contributed by atoms with van der Waals surface area (Å²) in [5, 5.41) is 5.27. The molecule has 0 aliphatic rings. The predicted octanol–water partition coefficient (Wildman–Crippen LogP) is 2.19. The molecule has 0 unspecified atom stereocenters. The van der Waals surface area contributed by atoms with Crippen molar-refractivity contribution in [1.82, 2.24) is 9.99 Å². The minimum absolute atomic E-state index is 0.0786. The number of fused-ring (bicyclic) bond motifs is 1. The molecule has 0 aliphatic heterocycles. The minimum atomic E-state index is -0.304. The minimum Gasteiger partial charge on any atom is -0.484 e. The number of carbonyl (C=O) groups excluding carboxylic acids is 1. The fraction of sp³-hybridized carbons (Fsp3) is 0.111. The van der Waals surface area contributed by atoms with E-state index in [1.54, 1.807) is 12.1 Å². The van der Waals surface area contributed by atoms with Crippen molar-refractivity contribution >= 4 is 16.8 Å². The Morgan fingerprint density at radius 3 is 2.61 bits per heavy atom. The zero-order valence-electron chi connectivity index (χ0n) is 12.8. The highest BCUT2D eigenvalue weighted by atomic mass is 16.5. The van der Waals surface area contributed by atoms with Crippen LogP contribution in [0.2, 0.25) is 0 Å². The number of carbonyl (C=O) groups is 1. The molecule has 5 heteroatoms. The summed E-state index contributed by atoms with van der Waals surface area (Å²) in [6.07, 6.45) is 0. The number of aryl methyl sites for hydroxylation is 1. The first-order valence-corrected chi connectivity index (χ1v) is 7.29. The quantitative estimate of drug-likeness (QED) is 0.751. The lowest BCUT2D eigenvalue weighted by molar-refractivity contribution is -0.123. The molecule has 2 aromatic carbocycles. The third-order valence-electron chi connectivity index (χ3n) is 3.46. The number of nitrogens with zero attached hydrogens (tertiary/aromatic N) is 2. The van der Waals surface area contributed by atoms with Crippen molar-refractivity contribution in [3.8, 4) is 5.75 Å². The van der Waals surface area contributed by atoms with Crippen LogP contribution in [0.4, 0.5) is 0 Å². The van der Waals surface area contributed by atoms with Gasteiger partial charge in [-0.2, -0.15) is 5.10 Å². The molecular weight excluding hydrogens is 290 g/mol. The van der Waals surface area contributed by atoms with Crippen LogP contribution in [0.5, 0.6) is 5.75 Å². The number of nitrogens with one attached hydrogen (secondary N) is 1. The SMILES string of the molecule is Cn1c(=NNC(=O)COc2ccccc2)ccc2ccccc21. The number of para-hydroxylation sites is 2. The second-order valence-corrected chi connectivity index (χ2v) is 5.06. The molecule has 0 fully saturated rings. The smallest absolute Gasteiger partial charge is 0.278 e. The van der Waals surface area contributed by atoms with Crippen molar-refractivity contribution < 1.29 is 9.53 Å². The first kappa shape index (κ1) is 14.8. The summed E-state index contributed by atoms with van der Waals surface area (Å²) < 4.78 is 7.30. The predicted molar refractivity (Wildman–Crippen MR) is 88.6 cm³/mol. The fourth-order valence-electron chi connectivity index (χ4n) is 2.26. The van der Waals surface area contributed by atoms with Gasteiger partial charge < -0.3 is 9.30 Å². The van der Waals surface area contributed by atoms with E-state index in [9.17, 15) is 4.79 Å². The molecule has 0 radical (unpaired) electrons.